The van der Waals surface area contributed by atoms with Gasteiger partial charge in [-0.15, -0.1) is 0 Å². The van der Waals surface area contributed by atoms with Crippen molar-refractivity contribution >= 4 is 5.97 Å². The minimum absolute atomic E-state index is 0.0501. The number of rotatable bonds is 1. The number of ether oxygens (including phenoxy) is 1. The molecular weight excluding hydrogens is 314 g/mol. The van der Waals surface area contributed by atoms with E-state index in [0.29, 0.717) is 35.2 Å². The van der Waals surface area contributed by atoms with Gasteiger partial charge in [0.1, 0.15) is 11.5 Å². The SMILES string of the molecule is CC(=O)OC1=C(N)[C@@]2(C)CC[C@H]3[C@@H](CCC4C=C(O)C=C[C@@]43C)[C@@H]2C1. The number of esters is 1. The van der Waals surface area contributed by atoms with Crippen LogP contribution in [0.5, 0.6) is 0 Å². The standard InChI is InChI=1S/C21H29NO3/c1-12(23)25-18-11-17-15-5-4-13-10-14(24)6-8-20(13,2)16(15)7-9-21(17,3)19(18)22/h6,8,10,13,15-17,24H,4-5,7,9,11,22H2,1-3H3/t13?,15-,16+,17+,20+,21+/m1/s1. The number of nitrogens with two attached hydrogens (primary N) is 1. The van der Waals surface area contributed by atoms with Crippen molar-refractivity contribution in [2.24, 2.45) is 40.2 Å². The molecule has 0 radical (unpaired) electrons. The average Bonchev–Trinajstić information content (AvgIpc) is 2.79. The van der Waals surface area contributed by atoms with Gasteiger partial charge in [-0.3, -0.25) is 4.79 Å². The molecule has 0 saturated heterocycles. The van der Waals surface area contributed by atoms with E-state index in [-0.39, 0.29) is 16.8 Å². The molecular formula is C21H29NO3. The molecule has 0 aliphatic heterocycles. The summed E-state index contributed by atoms with van der Waals surface area (Å²) < 4.78 is 5.47. The molecule has 2 fully saturated rings. The normalized spacial score (nSPS) is 45.3. The Morgan fingerprint density at radius 2 is 2.04 bits per heavy atom. The summed E-state index contributed by atoms with van der Waals surface area (Å²) in [5.74, 6) is 2.90. The Morgan fingerprint density at radius 1 is 1.28 bits per heavy atom. The molecule has 4 aliphatic rings. The van der Waals surface area contributed by atoms with E-state index in [0.717, 1.165) is 37.8 Å². The Kier molecular flexibility index (Phi) is 3.61. The van der Waals surface area contributed by atoms with Crippen molar-refractivity contribution in [1.82, 2.24) is 0 Å². The molecule has 136 valence electrons. The van der Waals surface area contributed by atoms with Crippen LogP contribution in [0.2, 0.25) is 0 Å². The number of fused-ring (bicyclic) bond motifs is 5. The van der Waals surface area contributed by atoms with E-state index in [4.69, 9.17) is 10.5 Å². The number of aliphatic hydroxyl groups is 1. The van der Waals surface area contributed by atoms with Gasteiger partial charge in [-0.2, -0.15) is 0 Å². The topological polar surface area (TPSA) is 72.5 Å². The Labute approximate surface area is 149 Å². The number of carbonyl (C=O) groups excluding carboxylic acids is 1. The lowest BCUT2D eigenvalue weighted by Crippen LogP contribution is -2.51. The van der Waals surface area contributed by atoms with Gasteiger partial charge < -0.3 is 15.6 Å². The van der Waals surface area contributed by atoms with Gasteiger partial charge >= 0.3 is 5.97 Å². The van der Waals surface area contributed by atoms with Gasteiger partial charge in [0.05, 0.1) is 5.70 Å². The maximum atomic E-state index is 11.5. The van der Waals surface area contributed by atoms with Crippen molar-refractivity contribution < 1.29 is 14.6 Å². The molecule has 0 aromatic rings. The minimum Gasteiger partial charge on any atom is -0.508 e. The number of allylic oxidation sites excluding steroid dienone is 5. The van der Waals surface area contributed by atoms with Crippen molar-refractivity contribution in [2.75, 3.05) is 0 Å². The Hall–Kier alpha value is -1.71. The van der Waals surface area contributed by atoms with Crippen LogP contribution in [-0.2, 0) is 9.53 Å². The first kappa shape index (κ1) is 16.7. The van der Waals surface area contributed by atoms with Gasteiger partial charge in [0, 0.05) is 18.8 Å². The molecule has 0 aromatic heterocycles. The van der Waals surface area contributed by atoms with Crippen LogP contribution in [0.4, 0.5) is 0 Å². The molecule has 6 atom stereocenters. The third kappa shape index (κ3) is 2.29. The molecule has 4 aliphatic carbocycles. The molecule has 0 spiro atoms. The van der Waals surface area contributed by atoms with Crippen LogP contribution in [0.3, 0.4) is 0 Å². The fourth-order valence-electron chi connectivity index (χ4n) is 6.39. The fourth-order valence-corrected chi connectivity index (χ4v) is 6.39. The fraction of sp³-hybridized carbons (Fsp3) is 0.667. The van der Waals surface area contributed by atoms with E-state index in [1.54, 1.807) is 0 Å². The van der Waals surface area contributed by atoms with Crippen LogP contribution >= 0.6 is 0 Å². The highest BCUT2D eigenvalue weighted by molar-refractivity contribution is 5.67. The predicted molar refractivity (Wildman–Crippen MR) is 96.1 cm³/mol. The molecule has 4 nitrogen and oxygen atoms in total. The van der Waals surface area contributed by atoms with E-state index in [9.17, 15) is 9.90 Å². The molecule has 4 rings (SSSR count). The zero-order chi connectivity index (χ0) is 18.0. The van der Waals surface area contributed by atoms with Crippen molar-refractivity contribution in [2.45, 2.75) is 52.9 Å². The van der Waals surface area contributed by atoms with Crippen molar-refractivity contribution in [3.63, 3.8) is 0 Å². The van der Waals surface area contributed by atoms with Gasteiger partial charge in [-0.25, -0.2) is 0 Å². The minimum atomic E-state index is -0.275. The monoisotopic (exact) mass is 343 g/mol. The summed E-state index contributed by atoms with van der Waals surface area (Å²) in [6.45, 7) is 6.07. The van der Waals surface area contributed by atoms with Crippen LogP contribution in [-0.4, -0.2) is 11.1 Å². The van der Waals surface area contributed by atoms with Crippen molar-refractivity contribution in [3.8, 4) is 0 Å². The summed E-state index contributed by atoms with van der Waals surface area (Å²) in [4.78, 5) is 11.5. The van der Waals surface area contributed by atoms with E-state index in [2.05, 4.69) is 26.0 Å². The van der Waals surface area contributed by atoms with Crippen LogP contribution in [0.15, 0.2) is 35.4 Å². The maximum absolute atomic E-state index is 11.5. The number of carbonyl (C=O) groups is 1. The largest absolute Gasteiger partial charge is 0.508 e. The molecule has 2 saturated carbocycles. The highest BCUT2D eigenvalue weighted by Gasteiger charge is 2.58. The Bertz CT molecular complexity index is 706. The molecule has 25 heavy (non-hydrogen) atoms. The van der Waals surface area contributed by atoms with Gasteiger partial charge in [-0.1, -0.05) is 19.9 Å². The third-order valence-corrected chi connectivity index (χ3v) is 7.81. The molecule has 4 heteroatoms. The second kappa shape index (κ2) is 5.39. The second-order valence-corrected chi connectivity index (χ2v) is 8.94. The summed E-state index contributed by atoms with van der Waals surface area (Å²) in [5, 5.41) is 9.91. The second-order valence-electron chi connectivity index (χ2n) is 8.94. The Balaban J connectivity index is 1.65. The van der Waals surface area contributed by atoms with Crippen molar-refractivity contribution in [1.29, 1.82) is 0 Å². The molecule has 0 aromatic carbocycles. The summed E-state index contributed by atoms with van der Waals surface area (Å²) in [6.07, 6.45) is 11.4. The van der Waals surface area contributed by atoms with Gasteiger partial charge in [-0.05, 0) is 66.9 Å². The quantitative estimate of drug-likeness (QED) is 0.700. The average molecular weight is 343 g/mol. The van der Waals surface area contributed by atoms with Crippen LogP contribution in [0.1, 0.15) is 52.9 Å². The van der Waals surface area contributed by atoms with E-state index in [1.807, 2.05) is 6.08 Å². The van der Waals surface area contributed by atoms with Gasteiger partial charge in [0.15, 0.2) is 0 Å². The highest BCUT2D eigenvalue weighted by atomic mass is 16.5. The van der Waals surface area contributed by atoms with E-state index in [1.165, 1.54) is 6.92 Å². The molecule has 0 bridgehead atoms. The molecule has 1 unspecified atom stereocenters. The predicted octanol–water partition coefficient (Wildman–Crippen LogP) is 4.20. The molecule has 3 N–H and O–H groups in total. The lowest BCUT2D eigenvalue weighted by atomic mass is 9.47. The maximum Gasteiger partial charge on any atom is 0.307 e. The van der Waals surface area contributed by atoms with Crippen LogP contribution in [0, 0.1) is 34.5 Å². The number of aliphatic hydroxyl groups excluding tert-OH is 1. The third-order valence-electron chi connectivity index (χ3n) is 7.81. The zero-order valence-electron chi connectivity index (χ0n) is 15.4. The smallest absolute Gasteiger partial charge is 0.307 e. The highest BCUT2D eigenvalue weighted by Crippen LogP contribution is 2.65. The van der Waals surface area contributed by atoms with Gasteiger partial charge in [0.2, 0.25) is 0 Å². The van der Waals surface area contributed by atoms with E-state index < -0.39 is 0 Å². The zero-order valence-corrected chi connectivity index (χ0v) is 15.4. The summed E-state index contributed by atoms with van der Waals surface area (Å²) in [5.41, 5.74) is 7.32. The lowest BCUT2D eigenvalue weighted by Gasteiger charge is -2.57. The summed E-state index contributed by atoms with van der Waals surface area (Å²) in [7, 11) is 0. The summed E-state index contributed by atoms with van der Waals surface area (Å²) >= 11 is 0. The first-order valence-corrected chi connectivity index (χ1v) is 9.53. The van der Waals surface area contributed by atoms with Gasteiger partial charge in [0.25, 0.3) is 0 Å². The van der Waals surface area contributed by atoms with Crippen LogP contribution < -0.4 is 5.73 Å². The Morgan fingerprint density at radius 3 is 2.76 bits per heavy atom. The lowest BCUT2D eigenvalue weighted by molar-refractivity contribution is -0.137. The van der Waals surface area contributed by atoms with Crippen LogP contribution in [0.25, 0.3) is 0 Å². The molecule has 0 heterocycles. The molecule has 0 amide bonds. The van der Waals surface area contributed by atoms with Crippen molar-refractivity contribution in [3.05, 3.63) is 35.4 Å². The number of hydrogen-bond acceptors (Lipinski definition) is 4. The first-order valence-electron chi connectivity index (χ1n) is 9.53. The number of hydrogen-bond donors (Lipinski definition) is 2. The first-order chi connectivity index (χ1) is 11.8. The summed E-state index contributed by atoms with van der Waals surface area (Å²) in [6, 6.07) is 0. The van der Waals surface area contributed by atoms with E-state index >= 15 is 0 Å².